The van der Waals surface area contributed by atoms with Gasteiger partial charge in [0.25, 0.3) is 5.91 Å². The molecule has 0 aliphatic rings. The zero-order chi connectivity index (χ0) is 12.0. The van der Waals surface area contributed by atoms with Gasteiger partial charge in [0.15, 0.2) is 0 Å². The van der Waals surface area contributed by atoms with Gasteiger partial charge in [-0.15, -0.1) is 0 Å². The summed E-state index contributed by atoms with van der Waals surface area (Å²) in [7, 11) is 1.78. The SMILES string of the molecule is C=CCOc1ccc(C(=O)N(C)CC)cc1. The number of ether oxygens (including phenoxy) is 1. The Morgan fingerprint density at radius 3 is 2.56 bits per heavy atom. The van der Waals surface area contributed by atoms with E-state index in [9.17, 15) is 4.79 Å². The molecule has 0 N–H and O–H groups in total. The van der Waals surface area contributed by atoms with Crippen LogP contribution in [-0.4, -0.2) is 31.0 Å². The molecule has 0 saturated heterocycles. The Balaban J connectivity index is 2.70. The highest BCUT2D eigenvalue weighted by Crippen LogP contribution is 2.13. The summed E-state index contributed by atoms with van der Waals surface area (Å²) in [5.74, 6) is 0.772. The molecular formula is C13H17NO2. The first-order valence-electron chi connectivity index (χ1n) is 5.28. The lowest BCUT2D eigenvalue weighted by Gasteiger charge is -2.14. The summed E-state index contributed by atoms with van der Waals surface area (Å²) in [5.41, 5.74) is 0.676. The summed E-state index contributed by atoms with van der Waals surface area (Å²) in [6.07, 6.45) is 1.68. The van der Waals surface area contributed by atoms with E-state index in [0.717, 1.165) is 5.75 Å². The number of nitrogens with zero attached hydrogens (tertiary/aromatic N) is 1. The number of amides is 1. The molecule has 1 amide bonds. The molecule has 0 aliphatic heterocycles. The summed E-state index contributed by atoms with van der Waals surface area (Å²) in [5, 5.41) is 0. The van der Waals surface area contributed by atoms with E-state index in [1.807, 2.05) is 6.92 Å². The second kappa shape index (κ2) is 5.95. The monoisotopic (exact) mass is 219 g/mol. The normalized spacial score (nSPS) is 9.62. The van der Waals surface area contributed by atoms with Gasteiger partial charge >= 0.3 is 0 Å². The smallest absolute Gasteiger partial charge is 0.253 e. The lowest BCUT2D eigenvalue weighted by Crippen LogP contribution is -2.26. The predicted molar refractivity (Wildman–Crippen MR) is 64.8 cm³/mol. The van der Waals surface area contributed by atoms with Gasteiger partial charge in [0.05, 0.1) is 0 Å². The number of hydrogen-bond acceptors (Lipinski definition) is 2. The van der Waals surface area contributed by atoms with Crippen LogP contribution >= 0.6 is 0 Å². The Morgan fingerprint density at radius 1 is 1.44 bits per heavy atom. The third-order valence-electron chi connectivity index (χ3n) is 2.29. The van der Waals surface area contributed by atoms with Crippen molar-refractivity contribution in [2.24, 2.45) is 0 Å². The van der Waals surface area contributed by atoms with E-state index in [2.05, 4.69) is 6.58 Å². The first kappa shape index (κ1) is 12.3. The molecule has 0 atom stereocenters. The maximum Gasteiger partial charge on any atom is 0.253 e. The average Bonchev–Trinajstić information content (AvgIpc) is 2.35. The van der Waals surface area contributed by atoms with Gasteiger partial charge in [-0.25, -0.2) is 0 Å². The largest absolute Gasteiger partial charge is 0.490 e. The van der Waals surface area contributed by atoms with E-state index in [4.69, 9.17) is 4.74 Å². The lowest BCUT2D eigenvalue weighted by molar-refractivity contribution is 0.0802. The van der Waals surface area contributed by atoms with Crippen molar-refractivity contribution < 1.29 is 9.53 Å². The van der Waals surface area contributed by atoms with Crippen molar-refractivity contribution in [2.75, 3.05) is 20.2 Å². The van der Waals surface area contributed by atoms with Crippen LogP contribution in [-0.2, 0) is 0 Å². The van der Waals surface area contributed by atoms with E-state index in [1.165, 1.54) is 0 Å². The third-order valence-corrected chi connectivity index (χ3v) is 2.29. The molecule has 86 valence electrons. The minimum absolute atomic E-state index is 0.0257. The highest BCUT2D eigenvalue weighted by molar-refractivity contribution is 5.94. The van der Waals surface area contributed by atoms with Crippen molar-refractivity contribution in [3.8, 4) is 5.75 Å². The van der Waals surface area contributed by atoms with Gasteiger partial charge in [-0.2, -0.15) is 0 Å². The third kappa shape index (κ3) is 3.12. The lowest BCUT2D eigenvalue weighted by atomic mass is 10.2. The number of benzene rings is 1. The van der Waals surface area contributed by atoms with Crippen LogP contribution in [0.5, 0.6) is 5.75 Å². The summed E-state index contributed by atoms with van der Waals surface area (Å²) >= 11 is 0. The number of rotatable bonds is 5. The van der Waals surface area contributed by atoms with Crippen LogP contribution in [0.2, 0.25) is 0 Å². The zero-order valence-corrected chi connectivity index (χ0v) is 9.77. The minimum atomic E-state index is 0.0257. The molecule has 1 aromatic rings. The second-order valence-corrected chi connectivity index (χ2v) is 3.44. The van der Waals surface area contributed by atoms with Crippen LogP contribution in [0.4, 0.5) is 0 Å². The molecule has 0 saturated carbocycles. The van der Waals surface area contributed by atoms with Crippen molar-refractivity contribution in [1.29, 1.82) is 0 Å². The molecular weight excluding hydrogens is 202 g/mol. The van der Waals surface area contributed by atoms with Crippen molar-refractivity contribution in [3.05, 3.63) is 42.5 Å². The fraction of sp³-hybridized carbons (Fsp3) is 0.308. The molecule has 0 unspecified atom stereocenters. The summed E-state index contributed by atoms with van der Waals surface area (Å²) < 4.78 is 5.33. The van der Waals surface area contributed by atoms with Crippen molar-refractivity contribution in [3.63, 3.8) is 0 Å². The number of carbonyl (C=O) groups excluding carboxylic acids is 1. The molecule has 16 heavy (non-hydrogen) atoms. The molecule has 1 aromatic carbocycles. The Hall–Kier alpha value is -1.77. The van der Waals surface area contributed by atoms with Gasteiger partial charge in [0.1, 0.15) is 12.4 Å². The highest BCUT2D eigenvalue weighted by Gasteiger charge is 2.09. The zero-order valence-electron chi connectivity index (χ0n) is 9.77. The second-order valence-electron chi connectivity index (χ2n) is 3.44. The fourth-order valence-corrected chi connectivity index (χ4v) is 1.21. The average molecular weight is 219 g/mol. The van der Waals surface area contributed by atoms with E-state index >= 15 is 0 Å². The Labute approximate surface area is 96.3 Å². The van der Waals surface area contributed by atoms with Crippen LogP contribution in [0, 0.1) is 0 Å². The van der Waals surface area contributed by atoms with Gasteiger partial charge in [-0.3, -0.25) is 4.79 Å². The van der Waals surface area contributed by atoms with E-state index in [-0.39, 0.29) is 5.91 Å². The summed E-state index contributed by atoms with van der Waals surface area (Å²) in [4.78, 5) is 13.4. The standard InChI is InChI=1S/C13H17NO2/c1-4-10-16-12-8-6-11(7-9-12)13(15)14(3)5-2/h4,6-9H,1,5,10H2,2-3H3. The molecule has 0 fully saturated rings. The quantitative estimate of drug-likeness (QED) is 0.711. The van der Waals surface area contributed by atoms with Crippen LogP contribution in [0.1, 0.15) is 17.3 Å². The van der Waals surface area contributed by atoms with Crippen LogP contribution in [0.15, 0.2) is 36.9 Å². The van der Waals surface area contributed by atoms with E-state index in [1.54, 1.807) is 42.3 Å². The molecule has 1 rings (SSSR count). The van der Waals surface area contributed by atoms with Crippen LogP contribution in [0.25, 0.3) is 0 Å². The molecule has 0 bridgehead atoms. The topological polar surface area (TPSA) is 29.5 Å². The molecule has 3 heteroatoms. The summed E-state index contributed by atoms with van der Waals surface area (Å²) in [6.45, 7) is 6.69. The summed E-state index contributed by atoms with van der Waals surface area (Å²) in [6, 6.07) is 7.13. The van der Waals surface area contributed by atoms with Crippen LogP contribution < -0.4 is 4.74 Å². The number of carbonyl (C=O) groups is 1. The van der Waals surface area contributed by atoms with Gasteiger partial charge < -0.3 is 9.64 Å². The predicted octanol–water partition coefficient (Wildman–Crippen LogP) is 2.34. The maximum atomic E-state index is 11.8. The molecule has 0 aromatic heterocycles. The van der Waals surface area contributed by atoms with Crippen molar-refractivity contribution in [2.45, 2.75) is 6.92 Å². The van der Waals surface area contributed by atoms with Crippen molar-refractivity contribution >= 4 is 5.91 Å². The maximum absolute atomic E-state index is 11.8. The van der Waals surface area contributed by atoms with Gasteiger partial charge in [0, 0.05) is 19.2 Å². The van der Waals surface area contributed by atoms with Gasteiger partial charge in [0.2, 0.25) is 0 Å². The minimum Gasteiger partial charge on any atom is -0.490 e. The fourth-order valence-electron chi connectivity index (χ4n) is 1.21. The Bertz CT molecular complexity index is 357. The Kier molecular flexibility index (Phi) is 4.58. The molecule has 3 nitrogen and oxygen atoms in total. The molecule has 0 aliphatic carbocycles. The van der Waals surface area contributed by atoms with E-state index in [0.29, 0.717) is 18.7 Å². The first-order valence-corrected chi connectivity index (χ1v) is 5.28. The molecule has 0 heterocycles. The van der Waals surface area contributed by atoms with Gasteiger partial charge in [-0.05, 0) is 31.2 Å². The van der Waals surface area contributed by atoms with Crippen LogP contribution in [0.3, 0.4) is 0 Å². The molecule has 0 radical (unpaired) electrons. The highest BCUT2D eigenvalue weighted by atomic mass is 16.5. The van der Waals surface area contributed by atoms with Gasteiger partial charge in [-0.1, -0.05) is 12.7 Å². The molecule has 0 spiro atoms. The first-order chi connectivity index (χ1) is 7.69. The van der Waals surface area contributed by atoms with E-state index < -0.39 is 0 Å². The number of hydrogen-bond donors (Lipinski definition) is 0. The Morgan fingerprint density at radius 2 is 2.06 bits per heavy atom. The van der Waals surface area contributed by atoms with Crippen molar-refractivity contribution in [1.82, 2.24) is 4.90 Å².